The van der Waals surface area contributed by atoms with E-state index in [-0.39, 0.29) is 43.5 Å². The van der Waals surface area contributed by atoms with E-state index in [0.717, 1.165) is 29.3 Å². The number of hydrogen-bond donors (Lipinski definition) is 3. The van der Waals surface area contributed by atoms with E-state index < -0.39 is 17.7 Å². The summed E-state index contributed by atoms with van der Waals surface area (Å²) in [6.45, 7) is 1.72. The van der Waals surface area contributed by atoms with Crippen LogP contribution in [-0.4, -0.2) is 29.3 Å². The fraction of sp³-hybridized carbons (Fsp3) is 0.200. The lowest BCUT2D eigenvalue weighted by Gasteiger charge is -2.12. The first-order valence-electron chi connectivity index (χ1n) is 10.9. The molecule has 4 N–H and O–H groups in total. The van der Waals surface area contributed by atoms with Crippen LogP contribution in [0, 0.1) is 18.6 Å². The zero-order chi connectivity index (χ0) is 25.7. The third kappa shape index (κ3) is 5.99. The van der Waals surface area contributed by atoms with Crippen molar-refractivity contribution in [3.8, 4) is 17.2 Å². The van der Waals surface area contributed by atoms with Gasteiger partial charge in [-0.15, -0.1) is 11.3 Å². The number of aromatic nitrogens is 1. The minimum Gasteiger partial charge on any atom is -0.489 e. The smallest absolute Gasteiger partial charge is 0.412 e. The molecule has 0 aliphatic heterocycles. The summed E-state index contributed by atoms with van der Waals surface area (Å²) < 4.78 is 44.9. The van der Waals surface area contributed by atoms with Crippen molar-refractivity contribution in [3.05, 3.63) is 76.3 Å². The predicted octanol–water partition coefficient (Wildman–Crippen LogP) is 4.70. The number of nitrogens with two attached hydrogens (primary N) is 1. The molecule has 0 atom stereocenters. The number of nitrogen functional groups attached to an aromatic ring is 1. The Morgan fingerprint density at radius 3 is 2.56 bits per heavy atom. The average Bonchev–Trinajstić information content (AvgIpc) is 3.29. The van der Waals surface area contributed by atoms with E-state index in [0.29, 0.717) is 21.6 Å². The van der Waals surface area contributed by atoms with Gasteiger partial charge in [-0.05, 0) is 48.2 Å². The number of ether oxygens (including phenoxy) is 3. The third-order valence-electron chi connectivity index (χ3n) is 5.07. The first-order valence-corrected chi connectivity index (χ1v) is 11.7. The van der Waals surface area contributed by atoms with Gasteiger partial charge in [-0.1, -0.05) is 0 Å². The van der Waals surface area contributed by atoms with Crippen molar-refractivity contribution in [1.82, 2.24) is 10.3 Å². The van der Waals surface area contributed by atoms with Gasteiger partial charge in [0.05, 0.1) is 17.5 Å². The lowest BCUT2D eigenvalue weighted by Crippen LogP contribution is -2.29. The molecule has 0 aliphatic carbocycles. The monoisotopic (exact) mass is 515 g/mol. The number of fused-ring (bicyclic) bond motifs is 1. The standard InChI is InChI=1S/C25H23F2N3O5S/c1-14-6-18(33-11-15-8-17(26)2-3-20(15)27)9-19(7-14)34-12-16-13-36-23-21(10-30-24(28)22(16)23)35-25(32)29-4-5-31/h2-3,6-10,13,31H,4-5,11-12H2,1H3,(H2,28,30)(H,29,32). The number of nitrogens with zero attached hydrogens (tertiary/aromatic N) is 1. The van der Waals surface area contributed by atoms with Gasteiger partial charge in [0.2, 0.25) is 0 Å². The summed E-state index contributed by atoms with van der Waals surface area (Å²) >= 11 is 1.33. The Labute approximate surface area is 209 Å². The fourth-order valence-corrected chi connectivity index (χ4v) is 4.45. The number of carbonyl (C=O) groups excluding carboxylic acids is 1. The number of benzene rings is 2. The van der Waals surface area contributed by atoms with Crippen LogP contribution in [0.15, 0.2) is 48.0 Å². The Kier molecular flexibility index (Phi) is 7.81. The maximum absolute atomic E-state index is 13.9. The number of rotatable bonds is 9. The molecule has 0 saturated heterocycles. The molecule has 0 bridgehead atoms. The van der Waals surface area contributed by atoms with Crippen molar-refractivity contribution in [3.63, 3.8) is 0 Å². The Morgan fingerprint density at radius 1 is 1.11 bits per heavy atom. The molecule has 2 aromatic heterocycles. The van der Waals surface area contributed by atoms with Gasteiger partial charge in [0.25, 0.3) is 0 Å². The normalized spacial score (nSPS) is 10.9. The molecule has 0 radical (unpaired) electrons. The van der Waals surface area contributed by atoms with Crippen LogP contribution in [0.2, 0.25) is 0 Å². The summed E-state index contributed by atoms with van der Waals surface area (Å²) in [6, 6.07) is 8.43. The predicted molar refractivity (Wildman–Crippen MR) is 131 cm³/mol. The molecule has 11 heteroatoms. The van der Waals surface area contributed by atoms with Crippen LogP contribution >= 0.6 is 11.3 Å². The minimum absolute atomic E-state index is 0.0628. The first kappa shape index (κ1) is 25.1. The summed E-state index contributed by atoms with van der Waals surface area (Å²) in [5, 5.41) is 13.7. The van der Waals surface area contributed by atoms with Crippen molar-refractivity contribution < 1.29 is 32.9 Å². The lowest BCUT2D eigenvalue weighted by molar-refractivity contribution is 0.196. The molecule has 0 unspecified atom stereocenters. The van der Waals surface area contributed by atoms with E-state index in [1.165, 1.54) is 17.5 Å². The molecule has 8 nitrogen and oxygen atoms in total. The molecule has 36 heavy (non-hydrogen) atoms. The number of hydrogen-bond acceptors (Lipinski definition) is 8. The van der Waals surface area contributed by atoms with Crippen LogP contribution < -0.4 is 25.3 Å². The highest BCUT2D eigenvalue weighted by Crippen LogP contribution is 2.37. The molecule has 2 aromatic carbocycles. The number of pyridine rings is 1. The maximum atomic E-state index is 13.9. The maximum Gasteiger partial charge on any atom is 0.412 e. The second-order valence-electron chi connectivity index (χ2n) is 7.81. The number of aliphatic hydroxyl groups is 1. The summed E-state index contributed by atoms with van der Waals surface area (Å²) in [6.07, 6.45) is 0.650. The molecule has 1 amide bonds. The van der Waals surface area contributed by atoms with Crippen LogP contribution in [0.25, 0.3) is 10.1 Å². The SMILES string of the molecule is Cc1cc(OCc2cc(F)ccc2F)cc(OCc2csc3c(OC(=O)NCCO)cnc(N)c23)c1. The largest absolute Gasteiger partial charge is 0.489 e. The lowest BCUT2D eigenvalue weighted by atomic mass is 10.2. The van der Waals surface area contributed by atoms with Crippen molar-refractivity contribution >= 4 is 33.3 Å². The molecular weight excluding hydrogens is 492 g/mol. The van der Waals surface area contributed by atoms with Gasteiger partial charge in [-0.2, -0.15) is 0 Å². The van der Waals surface area contributed by atoms with Crippen LogP contribution in [0.3, 0.4) is 0 Å². The van der Waals surface area contributed by atoms with Crippen LogP contribution in [0.1, 0.15) is 16.7 Å². The second-order valence-corrected chi connectivity index (χ2v) is 8.69. The van der Waals surface area contributed by atoms with Crippen molar-refractivity contribution in [2.75, 3.05) is 18.9 Å². The van der Waals surface area contributed by atoms with Gasteiger partial charge < -0.3 is 30.4 Å². The van der Waals surface area contributed by atoms with Crippen molar-refractivity contribution in [1.29, 1.82) is 0 Å². The van der Waals surface area contributed by atoms with E-state index in [9.17, 15) is 13.6 Å². The Morgan fingerprint density at radius 2 is 1.83 bits per heavy atom. The number of aliphatic hydroxyl groups excluding tert-OH is 1. The number of aryl methyl sites for hydroxylation is 1. The second kappa shape index (κ2) is 11.2. The number of nitrogens with one attached hydrogen (secondary N) is 1. The zero-order valence-electron chi connectivity index (χ0n) is 19.2. The molecule has 0 aliphatic rings. The quantitative estimate of drug-likeness (QED) is 0.296. The molecule has 2 heterocycles. The molecular formula is C25H23F2N3O5S. The average molecular weight is 516 g/mol. The molecule has 0 fully saturated rings. The van der Waals surface area contributed by atoms with E-state index in [4.69, 9.17) is 25.1 Å². The van der Waals surface area contributed by atoms with E-state index in [1.54, 1.807) is 12.1 Å². The molecule has 0 spiro atoms. The van der Waals surface area contributed by atoms with Gasteiger partial charge in [0.1, 0.15) is 42.2 Å². The number of carbonyl (C=O) groups is 1. The van der Waals surface area contributed by atoms with Gasteiger partial charge in [-0.3, -0.25) is 0 Å². The molecule has 4 aromatic rings. The van der Waals surface area contributed by atoms with E-state index in [1.807, 2.05) is 18.4 Å². The van der Waals surface area contributed by atoms with Crippen molar-refractivity contribution in [2.24, 2.45) is 0 Å². The van der Waals surface area contributed by atoms with E-state index in [2.05, 4.69) is 10.3 Å². The van der Waals surface area contributed by atoms with E-state index >= 15 is 0 Å². The highest BCUT2D eigenvalue weighted by molar-refractivity contribution is 7.17. The Bertz CT molecular complexity index is 1400. The van der Waals surface area contributed by atoms with Crippen LogP contribution in [0.4, 0.5) is 19.4 Å². The summed E-state index contributed by atoms with van der Waals surface area (Å²) in [7, 11) is 0. The summed E-state index contributed by atoms with van der Waals surface area (Å²) in [5.41, 5.74) is 7.79. The molecule has 0 saturated carbocycles. The van der Waals surface area contributed by atoms with Gasteiger partial charge in [0.15, 0.2) is 5.75 Å². The number of thiophene rings is 1. The molecule has 188 valence electrons. The number of amides is 1. The fourth-order valence-electron chi connectivity index (χ4n) is 3.44. The van der Waals surface area contributed by atoms with Gasteiger partial charge in [-0.25, -0.2) is 18.6 Å². The highest BCUT2D eigenvalue weighted by Gasteiger charge is 2.16. The summed E-state index contributed by atoms with van der Waals surface area (Å²) in [4.78, 5) is 16.0. The summed E-state index contributed by atoms with van der Waals surface area (Å²) in [5.74, 6) is 0.352. The van der Waals surface area contributed by atoms with Crippen LogP contribution in [-0.2, 0) is 13.2 Å². The molecule has 4 rings (SSSR count). The first-order chi connectivity index (χ1) is 17.3. The number of anilines is 1. The minimum atomic E-state index is -0.714. The third-order valence-corrected chi connectivity index (χ3v) is 6.12. The highest BCUT2D eigenvalue weighted by atomic mass is 32.1. The Balaban J connectivity index is 1.48. The van der Waals surface area contributed by atoms with Crippen LogP contribution in [0.5, 0.6) is 17.2 Å². The topological polar surface area (TPSA) is 116 Å². The van der Waals surface area contributed by atoms with Gasteiger partial charge in [0, 0.05) is 29.1 Å². The zero-order valence-corrected chi connectivity index (χ0v) is 20.0. The van der Waals surface area contributed by atoms with Gasteiger partial charge >= 0.3 is 6.09 Å². The Hall–Kier alpha value is -3.96. The number of halogens is 2. The van der Waals surface area contributed by atoms with Crippen molar-refractivity contribution in [2.45, 2.75) is 20.1 Å².